The highest BCUT2D eigenvalue weighted by molar-refractivity contribution is 7.10. The highest BCUT2D eigenvalue weighted by Gasteiger charge is 2.32. The summed E-state index contributed by atoms with van der Waals surface area (Å²) in [5.41, 5.74) is 2.09. The van der Waals surface area contributed by atoms with Gasteiger partial charge in [0.25, 0.3) is 0 Å². The van der Waals surface area contributed by atoms with Gasteiger partial charge in [0.05, 0.1) is 18.2 Å². The first-order valence-corrected chi connectivity index (χ1v) is 8.56. The monoisotopic (exact) mass is 342 g/mol. The quantitative estimate of drug-likeness (QED) is 0.820. The van der Waals surface area contributed by atoms with E-state index in [2.05, 4.69) is 10.6 Å². The van der Waals surface area contributed by atoms with Gasteiger partial charge < -0.3 is 15.4 Å². The van der Waals surface area contributed by atoms with E-state index in [1.807, 2.05) is 47.8 Å². The van der Waals surface area contributed by atoms with E-state index >= 15 is 0 Å². The first kappa shape index (κ1) is 16.3. The van der Waals surface area contributed by atoms with Crippen LogP contribution in [0.2, 0.25) is 0 Å². The largest absolute Gasteiger partial charge is 0.462 e. The Kier molecular flexibility index (Phi) is 4.96. The third-order valence-electron chi connectivity index (χ3n) is 3.78. The summed E-state index contributed by atoms with van der Waals surface area (Å²) in [5, 5.41) is 7.35. The standard InChI is InChI=1S/C18H18N2O3S/c1-12-15(16(20-18(22)19-12)14-8-5-11-24-14)17(21)23-10-9-13-6-3-2-4-7-13/h2-8,11,16H,9-10H2,1H3,(H2,19,20,22). The maximum Gasteiger partial charge on any atom is 0.338 e. The molecule has 1 atom stereocenters. The lowest BCUT2D eigenvalue weighted by atomic mass is 10.0. The molecule has 0 spiro atoms. The Morgan fingerprint density at radius 2 is 2.00 bits per heavy atom. The number of thiophene rings is 1. The molecule has 2 heterocycles. The lowest BCUT2D eigenvalue weighted by Gasteiger charge is -2.27. The third kappa shape index (κ3) is 3.65. The first-order chi connectivity index (χ1) is 11.6. The van der Waals surface area contributed by atoms with E-state index in [1.54, 1.807) is 6.92 Å². The zero-order chi connectivity index (χ0) is 16.9. The van der Waals surface area contributed by atoms with Crippen LogP contribution in [0.3, 0.4) is 0 Å². The molecule has 2 N–H and O–H groups in total. The van der Waals surface area contributed by atoms with Crippen molar-refractivity contribution < 1.29 is 14.3 Å². The Bertz CT molecular complexity index is 754. The molecule has 24 heavy (non-hydrogen) atoms. The fourth-order valence-electron chi connectivity index (χ4n) is 2.62. The predicted octanol–water partition coefficient (Wildman–Crippen LogP) is 3.16. The first-order valence-electron chi connectivity index (χ1n) is 7.68. The molecule has 1 aliphatic heterocycles. The van der Waals surface area contributed by atoms with Crippen LogP contribution in [0.25, 0.3) is 0 Å². The van der Waals surface area contributed by atoms with Gasteiger partial charge >= 0.3 is 12.0 Å². The van der Waals surface area contributed by atoms with Crippen molar-refractivity contribution >= 4 is 23.3 Å². The van der Waals surface area contributed by atoms with Crippen LogP contribution in [0.5, 0.6) is 0 Å². The summed E-state index contributed by atoms with van der Waals surface area (Å²) in [6.07, 6.45) is 0.655. The van der Waals surface area contributed by atoms with Gasteiger partial charge in [-0.05, 0) is 23.9 Å². The van der Waals surface area contributed by atoms with Gasteiger partial charge in [0.2, 0.25) is 0 Å². The average molecular weight is 342 g/mol. The summed E-state index contributed by atoms with van der Waals surface area (Å²) in [6.45, 7) is 2.01. The molecule has 6 heteroatoms. The van der Waals surface area contributed by atoms with Crippen LogP contribution < -0.4 is 10.6 Å². The van der Waals surface area contributed by atoms with Crippen molar-refractivity contribution in [3.05, 3.63) is 69.6 Å². The van der Waals surface area contributed by atoms with Crippen LogP contribution in [-0.2, 0) is 16.0 Å². The van der Waals surface area contributed by atoms with E-state index in [4.69, 9.17) is 4.74 Å². The van der Waals surface area contributed by atoms with Crippen molar-refractivity contribution in [2.24, 2.45) is 0 Å². The lowest BCUT2D eigenvalue weighted by molar-refractivity contribution is -0.139. The van der Waals surface area contributed by atoms with Crippen LogP contribution >= 0.6 is 11.3 Å². The Labute approximate surface area is 144 Å². The minimum absolute atomic E-state index is 0.296. The summed E-state index contributed by atoms with van der Waals surface area (Å²) < 4.78 is 5.44. The van der Waals surface area contributed by atoms with Crippen LogP contribution in [-0.4, -0.2) is 18.6 Å². The normalized spacial score (nSPS) is 17.2. The average Bonchev–Trinajstić information content (AvgIpc) is 3.09. The number of allylic oxidation sites excluding steroid dienone is 1. The summed E-state index contributed by atoms with van der Waals surface area (Å²) in [4.78, 5) is 25.2. The van der Waals surface area contributed by atoms with E-state index in [1.165, 1.54) is 11.3 Å². The van der Waals surface area contributed by atoms with Gasteiger partial charge in [0, 0.05) is 17.0 Å². The van der Waals surface area contributed by atoms with Gasteiger partial charge in [-0.1, -0.05) is 36.4 Å². The van der Waals surface area contributed by atoms with E-state index in [9.17, 15) is 9.59 Å². The number of esters is 1. The van der Waals surface area contributed by atoms with Crippen LogP contribution in [0.4, 0.5) is 4.79 Å². The number of ether oxygens (including phenoxy) is 1. The third-order valence-corrected chi connectivity index (χ3v) is 4.72. The molecule has 0 saturated carbocycles. The molecule has 1 unspecified atom stereocenters. The van der Waals surface area contributed by atoms with E-state index < -0.39 is 12.0 Å². The Balaban J connectivity index is 1.71. The second kappa shape index (κ2) is 7.31. The van der Waals surface area contributed by atoms with Gasteiger partial charge in [0.1, 0.15) is 0 Å². The summed E-state index contributed by atoms with van der Waals surface area (Å²) in [5.74, 6) is -0.408. The molecule has 0 saturated heterocycles. The topological polar surface area (TPSA) is 67.4 Å². The van der Waals surface area contributed by atoms with Gasteiger partial charge in [-0.3, -0.25) is 0 Å². The van der Waals surface area contributed by atoms with Crippen molar-refractivity contribution in [2.45, 2.75) is 19.4 Å². The molecule has 0 fully saturated rings. The molecular formula is C18H18N2O3S. The lowest BCUT2D eigenvalue weighted by Crippen LogP contribution is -2.45. The maximum absolute atomic E-state index is 12.5. The SMILES string of the molecule is CC1=C(C(=O)OCCc2ccccc2)C(c2cccs2)NC(=O)N1. The van der Waals surface area contributed by atoms with Crippen molar-refractivity contribution in [1.29, 1.82) is 0 Å². The van der Waals surface area contributed by atoms with Crippen LogP contribution in [0, 0.1) is 0 Å². The molecule has 1 aliphatic rings. The van der Waals surface area contributed by atoms with Crippen molar-refractivity contribution in [3.63, 3.8) is 0 Å². The second-order valence-electron chi connectivity index (χ2n) is 5.46. The molecule has 1 aromatic heterocycles. The smallest absolute Gasteiger partial charge is 0.338 e. The molecule has 3 rings (SSSR count). The number of hydrogen-bond donors (Lipinski definition) is 2. The zero-order valence-corrected chi connectivity index (χ0v) is 14.1. The van der Waals surface area contributed by atoms with Crippen molar-refractivity contribution in [1.82, 2.24) is 10.6 Å². The zero-order valence-electron chi connectivity index (χ0n) is 13.2. The molecule has 5 nitrogen and oxygen atoms in total. The second-order valence-corrected chi connectivity index (χ2v) is 6.44. The fraction of sp³-hybridized carbons (Fsp3) is 0.222. The Hall–Kier alpha value is -2.60. The highest BCUT2D eigenvalue weighted by Crippen LogP contribution is 2.30. The van der Waals surface area contributed by atoms with Gasteiger partial charge in [-0.15, -0.1) is 11.3 Å². The summed E-state index contributed by atoms with van der Waals surface area (Å²) >= 11 is 1.49. The van der Waals surface area contributed by atoms with Gasteiger partial charge in [-0.2, -0.15) is 0 Å². The number of nitrogens with one attached hydrogen (secondary N) is 2. The van der Waals surface area contributed by atoms with Crippen molar-refractivity contribution in [3.8, 4) is 0 Å². The Morgan fingerprint density at radius 1 is 1.21 bits per heavy atom. The highest BCUT2D eigenvalue weighted by atomic mass is 32.1. The predicted molar refractivity (Wildman–Crippen MR) is 92.5 cm³/mol. The van der Waals surface area contributed by atoms with Gasteiger partial charge in [-0.25, -0.2) is 9.59 Å². The molecule has 1 aromatic carbocycles. The van der Waals surface area contributed by atoms with E-state index in [0.717, 1.165) is 10.4 Å². The number of amides is 2. The molecule has 0 bridgehead atoms. The van der Waals surface area contributed by atoms with E-state index in [-0.39, 0.29) is 6.03 Å². The van der Waals surface area contributed by atoms with Gasteiger partial charge in [0.15, 0.2) is 0 Å². The summed E-state index contributed by atoms with van der Waals surface area (Å²) in [6, 6.07) is 12.9. The van der Waals surface area contributed by atoms with Crippen LogP contribution in [0.1, 0.15) is 23.4 Å². The molecule has 0 radical (unpaired) electrons. The summed E-state index contributed by atoms with van der Waals surface area (Å²) in [7, 11) is 0. The Morgan fingerprint density at radius 3 is 2.71 bits per heavy atom. The van der Waals surface area contributed by atoms with Crippen molar-refractivity contribution in [2.75, 3.05) is 6.61 Å². The number of hydrogen-bond acceptors (Lipinski definition) is 4. The molecular weight excluding hydrogens is 324 g/mol. The molecule has 124 valence electrons. The molecule has 2 aromatic rings. The maximum atomic E-state index is 12.5. The number of urea groups is 1. The molecule has 0 aliphatic carbocycles. The molecule has 2 amide bonds. The minimum Gasteiger partial charge on any atom is -0.462 e. The number of carbonyl (C=O) groups excluding carboxylic acids is 2. The van der Waals surface area contributed by atoms with Crippen LogP contribution in [0.15, 0.2) is 59.1 Å². The van der Waals surface area contributed by atoms with E-state index in [0.29, 0.717) is 24.3 Å². The fourth-order valence-corrected chi connectivity index (χ4v) is 3.40. The number of benzene rings is 1. The number of carbonyl (C=O) groups is 2. The minimum atomic E-state index is -0.469. The number of rotatable bonds is 5.